The molecule has 0 radical (unpaired) electrons. The fourth-order valence-electron chi connectivity index (χ4n) is 3.56. The molecule has 3 amide bonds. The maximum Gasteiger partial charge on any atom is 0.241 e. The summed E-state index contributed by atoms with van der Waals surface area (Å²) in [6.45, 7) is 5.50. The van der Waals surface area contributed by atoms with Gasteiger partial charge in [-0.05, 0) is 57.6 Å². The zero-order chi connectivity index (χ0) is 22.7. The number of para-hydroxylation sites is 2. The van der Waals surface area contributed by atoms with E-state index in [9.17, 15) is 14.4 Å². The Morgan fingerprint density at radius 2 is 2.00 bits per heavy atom. The molecule has 0 saturated carbocycles. The maximum atomic E-state index is 13.2. The number of benzene rings is 2. The molecule has 0 unspecified atom stereocenters. The lowest BCUT2D eigenvalue weighted by Crippen LogP contribution is -2.48. The Kier molecular flexibility index (Phi) is 6.97. The van der Waals surface area contributed by atoms with E-state index >= 15 is 0 Å². The second-order valence-electron chi connectivity index (χ2n) is 7.92. The van der Waals surface area contributed by atoms with Crippen LogP contribution in [0.2, 0.25) is 5.02 Å². The number of nitrogens with one attached hydrogen (secondary N) is 2. The van der Waals surface area contributed by atoms with Crippen molar-refractivity contribution in [3.05, 3.63) is 53.1 Å². The summed E-state index contributed by atoms with van der Waals surface area (Å²) in [5.41, 5.74) is 2.81. The van der Waals surface area contributed by atoms with Gasteiger partial charge in [0.1, 0.15) is 0 Å². The molecule has 2 aromatic rings. The van der Waals surface area contributed by atoms with Gasteiger partial charge in [-0.15, -0.1) is 0 Å². The number of aryl methyl sites for hydroxylation is 1. The summed E-state index contributed by atoms with van der Waals surface area (Å²) in [6.07, 6.45) is 0.203. The molecule has 0 aromatic heterocycles. The minimum Gasteiger partial charge on any atom is -0.324 e. The van der Waals surface area contributed by atoms with Gasteiger partial charge < -0.3 is 15.5 Å². The van der Waals surface area contributed by atoms with Crippen LogP contribution in [0, 0.1) is 6.92 Å². The Balaban J connectivity index is 1.72. The Hall–Kier alpha value is -2.90. The topological polar surface area (TPSA) is 81.8 Å². The second kappa shape index (κ2) is 9.49. The molecule has 164 valence electrons. The summed E-state index contributed by atoms with van der Waals surface area (Å²) < 4.78 is 0. The van der Waals surface area contributed by atoms with Crippen LogP contribution >= 0.6 is 11.6 Å². The van der Waals surface area contributed by atoms with E-state index in [2.05, 4.69) is 10.6 Å². The molecule has 1 aliphatic heterocycles. The Morgan fingerprint density at radius 1 is 1.29 bits per heavy atom. The molecule has 0 spiro atoms. The fourth-order valence-corrected chi connectivity index (χ4v) is 3.73. The monoisotopic (exact) mass is 442 g/mol. The molecule has 0 bridgehead atoms. The van der Waals surface area contributed by atoms with E-state index in [0.29, 0.717) is 22.1 Å². The van der Waals surface area contributed by atoms with E-state index in [4.69, 9.17) is 11.6 Å². The fraction of sp³-hybridized carbons (Fsp3) is 0.348. The summed E-state index contributed by atoms with van der Waals surface area (Å²) in [5, 5.41) is 6.26. The molecule has 0 aliphatic carbocycles. The largest absolute Gasteiger partial charge is 0.324 e. The molecular formula is C23H27ClN4O3. The maximum absolute atomic E-state index is 13.2. The van der Waals surface area contributed by atoms with Crippen molar-refractivity contribution in [2.24, 2.45) is 0 Å². The molecule has 3 rings (SSSR count). The van der Waals surface area contributed by atoms with Gasteiger partial charge in [0.15, 0.2) is 0 Å². The molecule has 0 fully saturated rings. The Morgan fingerprint density at radius 3 is 2.74 bits per heavy atom. The molecule has 2 N–H and O–H groups in total. The molecule has 8 heteroatoms. The summed E-state index contributed by atoms with van der Waals surface area (Å²) in [7, 11) is 1.73. The molecule has 1 aliphatic rings. The molecular weight excluding hydrogens is 416 g/mol. The Labute approximate surface area is 187 Å². The Bertz CT molecular complexity index is 1010. The third-order valence-electron chi connectivity index (χ3n) is 5.51. The zero-order valence-corrected chi connectivity index (χ0v) is 18.9. The summed E-state index contributed by atoms with van der Waals surface area (Å²) in [4.78, 5) is 41.5. The summed E-state index contributed by atoms with van der Waals surface area (Å²) in [5.74, 6) is -0.549. The lowest BCUT2D eigenvalue weighted by molar-refractivity contribution is -0.123. The van der Waals surface area contributed by atoms with Crippen LogP contribution in [0.4, 0.5) is 17.1 Å². The minimum absolute atomic E-state index is 0.0238. The standard InChI is InChI=1S/C23H27ClN4O3/c1-14-9-10-17(24)12-19(14)26-23(31)16(3)27(4)13-22(30)28-15(2)11-21(29)25-18-7-5-6-8-20(18)28/h5-10,12,15-16H,11,13H2,1-4H3,(H,25,29)(H,26,31)/t15-,16-/m0/s1. The number of likely N-dealkylation sites (N-methyl/N-ethyl adjacent to an activating group) is 1. The first-order chi connectivity index (χ1) is 14.7. The van der Waals surface area contributed by atoms with Crippen molar-refractivity contribution in [1.29, 1.82) is 0 Å². The number of anilines is 3. The third kappa shape index (κ3) is 5.24. The highest BCUT2D eigenvalue weighted by atomic mass is 35.5. The van der Waals surface area contributed by atoms with E-state index in [-0.39, 0.29) is 36.7 Å². The van der Waals surface area contributed by atoms with Gasteiger partial charge in [-0.1, -0.05) is 29.8 Å². The van der Waals surface area contributed by atoms with Gasteiger partial charge in [0.2, 0.25) is 17.7 Å². The van der Waals surface area contributed by atoms with Crippen molar-refractivity contribution in [1.82, 2.24) is 4.90 Å². The second-order valence-corrected chi connectivity index (χ2v) is 8.36. The van der Waals surface area contributed by atoms with Gasteiger partial charge in [0, 0.05) is 23.2 Å². The summed E-state index contributed by atoms with van der Waals surface area (Å²) >= 11 is 6.03. The van der Waals surface area contributed by atoms with E-state index in [1.54, 1.807) is 42.0 Å². The highest BCUT2D eigenvalue weighted by Crippen LogP contribution is 2.31. The molecule has 7 nitrogen and oxygen atoms in total. The predicted molar refractivity (Wildman–Crippen MR) is 124 cm³/mol. The normalized spacial score (nSPS) is 16.9. The van der Waals surface area contributed by atoms with Crippen LogP contribution in [0.5, 0.6) is 0 Å². The van der Waals surface area contributed by atoms with Crippen LogP contribution in [0.3, 0.4) is 0 Å². The average molecular weight is 443 g/mol. The SMILES string of the molecule is Cc1ccc(Cl)cc1NC(=O)[C@H](C)N(C)CC(=O)N1c2ccccc2NC(=O)C[C@@H]1C. The number of hydrogen-bond donors (Lipinski definition) is 2. The van der Waals surface area contributed by atoms with E-state index in [1.807, 2.05) is 38.1 Å². The minimum atomic E-state index is -0.556. The first kappa shape index (κ1) is 22.8. The summed E-state index contributed by atoms with van der Waals surface area (Å²) in [6, 6.07) is 11.7. The van der Waals surface area contributed by atoms with Gasteiger partial charge in [-0.25, -0.2) is 0 Å². The molecule has 0 saturated heterocycles. The van der Waals surface area contributed by atoms with Crippen molar-refractivity contribution in [2.75, 3.05) is 29.1 Å². The number of fused-ring (bicyclic) bond motifs is 1. The highest BCUT2D eigenvalue weighted by molar-refractivity contribution is 6.31. The number of hydrogen-bond acceptors (Lipinski definition) is 4. The van der Waals surface area contributed by atoms with Crippen molar-refractivity contribution >= 4 is 46.4 Å². The third-order valence-corrected chi connectivity index (χ3v) is 5.75. The van der Waals surface area contributed by atoms with Gasteiger partial charge in [0.05, 0.1) is 24.0 Å². The number of carbonyl (C=O) groups excluding carboxylic acids is 3. The van der Waals surface area contributed by atoms with Gasteiger partial charge in [-0.3, -0.25) is 19.3 Å². The van der Waals surface area contributed by atoms with E-state index in [0.717, 1.165) is 5.56 Å². The van der Waals surface area contributed by atoms with Crippen molar-refractivity contribution in [3.8, 4) is 0 Å². The molecule has 2 atom stereocenters. The van der Waals surface area contributed by atoms with Crippen LogP contribution in [-0.2, 0) is 14.4 Å². The quantitative estimate of drug-likeness (QED) is 0.740. The predicted octanol–water partition coefficient (Wildman–Crippen LogP) is 3.67. The molecule has 31 heavy (non-hydrogen) atoms. The van der Waals surface area contributed by atoms with Gasteiger partial charge >= 0.3 is 0 Å². The van der Waals surface area contributed by atoms with Crippen molar-refractivity contribution < 1.29 is 14.4 Å². The van der Waals surface area contributed by atoms with E-state index in [1.165, 1.54) is 0 Å². The molecule has 1 heterocycles. The lowest BCUT2D eigenvalue weighted by Gasteiger charge is -2.31. The number of carbonyl (C=O) groups is 3. The van der Waals surface area contributed by atoms with Crippen LogP contribution in [-0.4, -0.2) is 48.3 Å². The van der Waals surface area contributed by atoms with Crippen LogP contribution in [0.25, 0.3) is 0 Å². The average Bonchev–Trinajstić information content (AvgIpc) is 2.84. The first-order valence-electron chi connectivity index (χ1n) is 10.2. The smallest absolute Gasteiger partial charge is 0.241 e. The number of halogens is 1. The van der Waals surface area contributed by atoms with Crippen LogP contribution in [0.1, 0.15) is 25.8 Å². The van der Waals surface area contributed by atoms with Crippen molar-refractivity contribution in [3.63, 3.8) is 0 Å². The van der Waals surface area contributed by atoms with Gasteiger partial charge in [0.25, 0.3) is 0 Å². The van der Waals surface area contributed by atoms with Crippen LogP contribution in [0.15, 0.2) is 42.5 Å². The van der Waals surface area contributed by atoms with Crippen LogP contribution < -0.4 is 15.5 Å². The number of nitrogens with zero attached hydrogens (tertiary/aromatic N) is 2. The van der Waals surface area contributed by atoms with Gasteiger partial charge in [-0.2, -0.15) is 0 Å². The number of amides is 3. The highest BCUT2D eigenvalue weighted by Gasteiger charge is 2.31. The first-order valence-corrected chi connectivity index (χ1v) is 10.5. The van der Waals surface area contributed by atoms with Crippen molar-refractivity contribution in [2.45, 2.75) is 39.3 Å². The molecule has 2 aromatic carbocycles. The van der Waals surface area contributed by atoms with E-state index < -0.39 is 6.04 Å². The number of rotatable bonds is 5. The zero-order valence-electron chi connectivity index (χ0n) is 18.1. The lowest BCUT2D eigenvalue weighted by atomic mass is 10.1.